The Labute approximate surface area is 158 Å². The Kier molecular flexibility index (Phi) is 6.26. The van der Waals surface area contributed by atoms with E-state index in [4.69, 9.17) is 0 Å². The van der Waals surface area contributed by atoms with Gasteiger partial charge in [-0.1, -0.05) is 25.7 Å². The van der Waals surface area contributed by atoms with Gasteiger partial charge in [0.05, 0.1) is 11.1 Å². The molecule has 0 aromatic carbocycles. The highest BCUT2D eigenvalue weighted by molar-refractivity contribution is 5.75. The average Bonchev–Trinajstić information content (AvgIpc) is 2.69. The number of aromatic nitrogens is 1. The van der Waals surface area contributed by atoms with Crippen molar-refractivity contribution in [3.8, 4) is 0 Å². The summed E-state index contributed by atoms with van der Waals surface area (Å²) in [5.74, 6) is -0.278. The quantitative estimate of drug-likeness (QED) is 0.605. The molecule has 27 heavy (non-hydrogen) atoms. The van der Waals surface area contributed by atoms with Gasteiger partial charge in [-0.3, -0.25) is 29.2 Å². The number of hydrogen-bond acceptors (Lipinski definition) is 5. The van der Waals surface area contributed by atoms with E-state index in [-0.39, 0.29) is 23.7 Å². The van der Waals surface area contributed by atoms with E-state index in [0.717, 1.165) is 48.8 Å². The Morgan fingerprint density at radius 3 is 2.44 bits per heavy atom. The summed E-state index contributed by atoms with van der Waals surface area (Å²) < 4.78 is 1.10. The molecule has 3 rings (SSSR count). The summed E-state index contributed by atoms with van der Waals surface area (Å²) in [4.78, 5) is 37.2. The Balaban J connectivity index is 1.65. The second kappa shape index (κ2) is 8.65. The average molecular weight is 376 g/mol. The molecule has 1 N–H and O–H groups in total. The maximum Gasteiger partial charge on any atom is 0.285 e. The van der Waals surface area contributed by atoms with Crippen LogP contribution >= 0.6 is 0 Å². The van der Waals surface area contributed by atoms with E-state index < -0.39 is 10.5 Å². The third-order valence-electron chi connectivity index (χ3n) is 5.92. The van der Waals surface area contributed by atoms with Crippen LogP contribution in [0.5, 0.6) is 0 Å². The summed E-state index contributed by atoms with van der Waals surface area (Å²) in [5.41, 5.74) is -0.597. The van der Waals surface area contributed by atoms with Crippen LogP contribution in [0.4, 0.5) is 5.69 Å². The molecule has 0 spiro atoms. The summed E-state index contributed by atoms with van der Waals surface area (Å²) in [6.45, 7) is 2.55. The molecule has 8 heteroatoms. The van der Waals surface area contributed by atoms with Crippen LogP contribution in [0.25, 0.3) is 0 Å². The second-order valence-electron chi connectivity index (χ2n) is 7.72. The number of nitrogens with one attached hydrogen (secondary N) is 1. The Morgan fingerprint density at radius 2 is 1.78 bits per heavy atom. The highest BCUT2D eigenvalue weighted by atomic mass is 16.6. The van der Waals surface area contributed by atoms with Crippen LogP contribution in [0.15, 0.2) is 23.1 Å². The Morgan fingerprint density at radius 1 is 1.11 bits per heavy atom. The lowest BCUT2D eigenvalue weighted by Gasteiger charge is -2.48. The molecule has 1 saturated heterocycles. The van der Waals surface area contributed by atoms with Crippen molar-refractivity contribution >= 4 is 11.6 Å². The normalized spacial score (nSPS) is 20.1. The number of hydrogen-bond donors (Lipinski definition) is 1. The largest absolute Gasteiger partial charge is 0.353 e. The molecule has 1 aromatic rings. The van der Waals surface area contributed by atoms with Gasteiger partial charge in [0.25, 0.3) is 11.2 Å². The number of carbonyl (C=O) groups excluding carboxylic acids is 1. The molecular weight excluding hydrogens is 348 g/mol. The molecule has 8 nitrogen and oxygen atoms in total. The van der Waals surface area contributed by atoms with Crippen molar-refractivity contribution < 1.29 is 9.72 Å². The van der Waals surface area contributed by atoms with Gasteiger partial charge in [-0.05, 0) is 38.8 Å². The SMILES string of the molecule is O=C(Cn1cc([N+](=O)[O-])ccc1=O)NCC1(N2CCCCC2)CCCCC1. The molecule has 1 aliphatic carbocycles. The minimum Gasteiger partial charge on any atom is -0.353 e. The molecule has 1 saturated carbocycles. The first kappa shape index (κ1) is 19.5. The zero-order chi connectivity index (χ0) is 19.3. The molecule has 2 aliphatic rings. The van der Waals surface area contributed by atoms with Crippen LogP contribution in [0.3, 0.4) is 0 Å². The molecule has 0 bridgehead atoms. The number of rotatable bonds is 6. The minimum absolute atomic E-state index is 0.0158. The standard InChI is InChI=1S/C19H28N4O4/c24-17(14-21-13-16(23(26)27)7-8-18(21)25)20-15-19(9-3-1-4-10-19)22-11-5-2-6-12-22/h7-8,13H,1-6,9-12,14-15H2,(H,20,24). The summed E-state index contributed by atoms with van der Waals surface area (Å²) in [6.07, 6.45) is 10.6. The van der Waals surface area contributed by atoms with Gasteiger partial charge in [0.1, 0.15) is 6.54 Å². The topological polar surface area (TPSA) is 97.5 Å². The van der Waals surface area contributed by atoms with Crippen molar-refractivity contribution in [3.05, 3.63) is 38.8 Å². The van der Waals surface area contributed by atoms with E-state index in [1.807, 2.05) is 0 Å². The van der Waals surface area contributed by atoms with Gasteiger partial charge in [0, 0.05) is 24.2 Å². The number of nitrogens with zero attached hydrogens (tertiary/aromatic N) is 3. The lowest BCUT2D eigenvalue weighted by atomic mass is 9.79. The van der Waals surface area contributed by atoms with Crippen LogP contribution in [0, 0.1) is 10.1 Å². The van der Waals surface area contributed by atoms with Gasteiger partial charge < -0.3 is 5.32 Å². The Bertz CT molecular complexity index is 733. The lowest BCUT2D eigenvalue weighted by molar-refractivity contribution is -0.385. The molecule has 1 aromatic heterocycles. The molecule has 1 aliphatic heterocycles. The fraction of sp³-hybridized carbons (Fsp3) is 0.684. The minimum atomic E-state index is -0.568. The molecule has 148 valence electrons. The number of likely N-dealkylation sites (tertiary alicyclic amines) is 1. The first-order chi connectivity index (χ1) is 13.0. The maximum absolute atomic E-state index is 12.5. The van der Waals surface area contributed by atoms with Crippen molar-refractivity contribution in [2.75, 3.05) is 19.6 Å². The number of pyridine rings is 1. The van der Waals surface area contributed by atoms with Crippen molar-refractivity contribution in [2.24, 2.45) is 0 Å². The predicted octanol–water partition coefficient (Wildman–Crippen LogP) is 2.06. The predicted molar refractivity (Wildman–Crippen MR) is 102 cm³/mol. The van der Waals surface area contributed by atoms with Crippen LogP contribution < -0.4 is 10.9 Å². The monoisotopic (exact) mass is 376 g/mol. The van der Waals surface area contributed by atoms with Gasteiger partial charge in [-0.25, -0.2) is 0 Å². The van der Waals surface area contributed by atoms with Gasteiger partial charge in [-0.15, -0.1) is 0 Å². The van der Waals surface area contributed by atoms with Gasteiger partial charge in [-0.2, -0.15) is 0 Å². The molecular formula is C19H28N4O4. The zero-order valence-corrected chi connectivity index (χ0v) is 15.7. The molecule has 2 heterocycles. The maximum atomic E-state index is 12.5. The lowest BCUT2D eigenvalue weighted by Crippen LogP contribution is -2.58. The first-order valence-corrected chi connectivity index (χ1v) is 9.87. The van der Waals surface area contributed by atoms with Crippen molar-refractivity contribution in [3.63, 3.8) is 0 Å². The van der Waals surface area contributed by atoms with Gasteiger partial charge in [0.15, 0.2) is 0 Å². The fourth-order valence-corrected chi connectivity index (χ4v) is 4.41. The third kappa shape index (κ3) is 4.74. The number of piperidine rings is 1. The molecule has 0 radical (unpaired) electrons. The first-order valence-electron chi connectivity index (χ1n) is 9.87. The molecule has 2 fully saturated rings. The highest BCUT2D eigenvalue weighted by Gasteiger charge is 2.38. The van der Waals surface area contributed by atoms with Gasteiger partial charge in [0.2, 0.25) is 5.91 Å². The van der Waals surface area contributed by atoms with Crippen molar-refractivity contribution in [2.45, 2.75) is 63.5 Å². The second-order valence-corrected chi connectivity index (χ2v) is 7.72. The van der Waals surface area contributed by atoms with E-state index in [1.54, 1.807) is 0 Å². The smallest absolute Gasteiger partial charge is 0.285 e. The van der Waals surface area contributed by atoms with E-state index in [9.17, 15) is 19.7 Å². The summed E-state index contributed by atoms with van der Waals surface area (Å²) >= 11 is 0. The van der Waals surface area contributed by atoms with Crippen LogP contribution in [-0.2, 0) is 11.3 Å². The summed E-state index contributed by atoms with van der Waals surface area (Å²) in [6, 6.07) is 2.28. The molecule has 0 atom stereocenters. The van der Waals surface area contributed by atoms with E-state index in [0.29, 0.717) is 6.54 Å². The van der Waals surface area contributed by atoms with E-state index in [1.165, 1.54) is 38.5 Å². The Hall–Kier alpha value is -2.22. The third-order valence-corrected chi connectivity index (χ3v) is 5.92. The molecule has 0 unspecified atom stereocenters. The number of amides is 1. The summed E-state index contributed by atoms with van der Waals surface area (Å²) in [5, 5.41) is 13.9. The van der Waals surface area contributed by atoms with Crippen LogP contribution in [0.2, 0.25) is 0 Å². The zero-order valence-electron chi connectivity index (χ0n) is 15.7. The number of nitro groups is 1. The van der Waals surface area contributed by atoms with Crippen LogP contribution in [0.1, 0.15) is 51.4 Å². The molecule has 1 amide bonds. The summed E-state index contributed by atoms with van der Waals surface area (Å²) in [7, 11) is 0. The van der Waals surface area contributed by atoms with Crippen molar-refractivity contribution in [1.82, 2.24) is 14.8 Å². The van der Waals surface area contributed by atoms with Crippen LogP contribution in [-0.4, -0.2) is 45.5 Å². The van der Waals surface area contributed by atoms with E-state index >= 15 is 0 Å². The number of carbonyl (C=O) groups is 1. The van der Waals surface area contributed by atoms with E-state index in [2.05, 4.69) is 10.2 Å². The van der Waals surface area contributed by atoms with Gasteiger partial charge >= 0.3 is 0 Å². The highest BCUT2D eigenvalue weighted by Crippen LogP contribution is 2.35. The fourth-order valence-electron chi connectivity index (χ4n) is 4.41. The van der Waals surface area contributed by atoms with Crippen molar-refractivity contribution in [1.29, 1.82) is 0 Å².